The third-order valence-electron chi connectivity index (χ3n) is 12.3. The Balaban J connectivity index is -0.00000122. The summed E-state index contributed by atoms with van der Waals surface area (Å²) in [6, 6.07) is -0.987. The second-order valence-corrected chi connectivity index (χ2v) is 19.7. The van der Waals surface area contributed by atoms with Crippen LogP contribution in [0.15, 0.2) is 219 Å². The lowest BCUT2D eigenvalue weighted by Gasteiger charge is -2.26. The fourth-order valence-electron chi connectivity index (χ4n) is 7.66. The number of rotatable bonds is 50. The first-order chi connectivity index (χ1) is 42.7. The maximum Gasteiger partial charge on any atom is 0.323 e. The first-order valence-corrected chi connectivity index (χ1v) is 33.1. The van der Waals surface area contributed by atoms with Gasteiger partial charge in [-0.2, -0.15) is 0 Å². The number of allylic oxidation sites excluding steroid dienone is 33. The van der Waals surface area contributed by atoms with Crippen molar-refractivity contribution >= 4 is 17.9 Å². The molecule has 0 aromatic rings. The number of hydrogen-bond acceptors (Lipinski definition) is 9. The molecule has 0 amide bonds. The van der Waals surface area contributed by atoms with E-state index in [4.69, 9.17) is 19.9 Å². The van der Waals surface area contributed by atoms with Crippen molar-refractivity contribution in [3.63, 3.8) is 0 Å². The van der Waals surface area contributed by atoms with Gasteiger partial charge in [-0.15, -0.1) is 0 Å². The zero-order chi connectivity index (χ0) is 64.4. The highest BCUT2D eigenvalue weighted by Crippen LogP contribution is 2.09. The molecule has 9 heteroatoms. The van der Waals surface area contributed by atoms with E-state index in [0.29, 0.717) is 39.1 Å². The molecule has 0 aromatic heterocycles. The van der Waals surface area contributed by atoms with E-state index in [1.165, 1.54) is 0 Å². The van der Waals surface area contributed by atoms with Crippen LogP contribution >= 0.6 is 0 Å². The van der Waals surface area contributed by atoms with E-state index in [1.54, 1.807) is 6.92 Å². The lowest BCUT2D eigenvalue weighted by Crippen LogP contribution is -2.41. The lowest BCUT2D eigenvalue weighted by molar-refractivity contribution is -0.149. The number of carbonyl (C=O) groups is 3. The minimum absolute atomic E-state index is 0.120. The van der Waals surface area contributed by atoms with Crippen LogP contribution in [0.4, 0.5) is 0 Å². The Morgan fingerprint density at radius 1 is 0.310 bits per heavy atom. The molecule has 3 unspecified atom stereocenters. The molecule has 0 heterocycles. The van der Waals surface area contributed by atoms with E-state index in [1.807, 2.05) is 39.0 Å². The summed E-state index contributed by atoms with van der Waals surface area (Å²) in [7, 11) is 0. The van der Waals surface area contributed by atoms with E-state index < -0.39 is 6.04 Å². The average molecular weight is 1200 g/mol. The van der Waals surface area contributed by atoms with Crippen LogP contribution in [0.3, 0.4) is 0 Å². The molecule has 0 saturated heterocycles. The number of nitrogens with one attached hydrogen (secondary N) is 1. The van der Waals surface area contributed by atoms with E-state index in [9.17, 15) is 14.4 Å². The molecule has 0 rings (SSSR count). The van der Waals surface area contributed by atoms with E-state index in [-0.39, 0.29) is 30.0 Å². The second-order valence-electron chi connectivity index (χ2n) is 19.7. The van der Waals surface area contributed by atoms with Crippen molar-refractivity contribution in [1.29, 1.82) is 0 Å². The van der Waals surface area contributed by atoms with Gasteiger partial charge >= 0.3 is 17.9 Å². The zero-order valence-corrected chi connectivity index (χ0v) is 56.1. The van der Waals surface area contributed by atoms with Crippen molar-refractivity contribution in [2.45, 2.75) is 215 Å². The standard InChI is InChI=1S/C28H45NO2.C26H41NO2.C24H37NO2/c1-5-9-10-11-12-13-14-15-16-17-18-19-20-21-22-23-24-25-26-27(28(30)31-8-4)29(6-2)7-3;1-4-7-8-9-10-11-12-13-14-15-16-17-18-19-20-21-22-23-24-25(27-5-2)26(28)29-6-3;1-3-5-6-7-8-9-10-11-12-13-14-15-16-17-18-19-20-21-22-23(25)24(26)27-4-2/h9-10,12-13,15-16,18-19,21-22,24-25,27H,5-8,11,14,17,20,23,26H2,1-4H3;7-8,10-11,13-14,16-17,19-20,22-23,25,27H,4-6,9,12,15,18,21,24H2,1-3H3;5-6,8-9,11-12,14-15,17-18,20-21,23H,3-4,7,10,13,16,19,22,25H2,1-2H3/b10-9-,13-12-,16-15-,19-18-,22-21-,25-24-;8-7-,11-10-,14-13-,17-16-,20-19-,23-22-;6-5-,9-8-,12-11-,15-14-,18-17-,21-20-. The van der Waals surface area contributed by atoms with Crippen LogP contribution < -0.4 is 11.1 Å². The number of ether oxygens (including phenoxy) is 3. The molecule has 0 aliphatic rings. The Labute approximate surface area is 533 Å². The van der Waals surface area contributed by atoms with Crippen LogP contribution in [0.1, 0.15) is 197 Å². The van der Waals surface area contributed by atoms with Crippen LogP contribution in [-0.4, -0.2) is 80.4 Å². The average Bonchev–Trinajstić information content (AvgIpc) is 3.52. The summed E-state index contributed by atoms with van der Waals surface area (Å²) in [6.45, 7) is 21.8. The van der Waals surface area contributed by atoms with E-state index in [2.05, 4.69) is 245 Å². The Kier molecular flexibility index (Phi) is 72.0. The van der Waals surface area contributed by atoms with E-state index in [0.717, 1.165) is 135 Å². The quantitative estimate of drug-likeness (QED) is 0.0348. The molecular weight excluding hydrogens is 1070 g/mol. The number of carbonyl (C=O) groups excluding carboxylic acids is 3. The van der Waals surface area contributed by atoms with Crippen LogP contribution in [0, 0.1) is 0 Å². The summed E-state index contributed by atoms with van der Waals surface area (Å²) in [5, 5.41) is 3.16. The highest BCUT2D eigenvalue weighted by Gasteiger charge is 2.23. The Morgan fingerprint density at radius 3 is 0.793 bits per heavy atom. The number of likely N-dealkylation sites (N-methyl/N-ethyl adjacent to an activating group) is 2. The molecule has 0 bridgehead atoms. The number of esters is 3. The minimum atomic E-state index is -0.561. The predicted molar refractivity (Wildman–Crippen MR) is 381 cm³/mol. The summed E-state index contributed by atoms with van der Waals surface area (Å²) in [5.74, 6) is -0.628. The summed E-state index contributed by atoms with van der Waals surface area (Å²) < 4.78 is 15.2. The van der Waals surface area contributed by atoms with E-state index >= 15 is 0 Å². The van der Waals surface area contributed by atoms with Crippen molar-refractivity contribution in [3.8, 4) is 0 Å². The molecular formula is C78H123N3O6. The first kappa shape index (κ1) is 84.8. The molecule has 3 N–H and O–H groups in total. The van der Waals surface area contributed by atoms with Gasteiger partial charge in [0.15, 0.2) is 0 Å². The summed E-state index contributed by atoms with van der Waals surface area (Å²) in [4.78, 5) is 37.5. The normalized spacial score (nSPS) is 14.0. The van der Waals surface area contributed by atoms with Gasteiger partial charge in [-0.05, 0) is 175 Å². The second kappa shape index (κ2) is 73.9. The fourth-order valence-corrected chi connectivity index (χ4v) is 7.66. The number of nitrogens with two attached hydrogens (primary N) is 1. The minimum Gasteiger partial charge on any atom is -0.465 e. The molecule has 0 spiro atoms. The molecule has 0 fully saturated rings. The lowest BCUT2D eigenvalue weighted by atomic mass is 10.1. The van der Waals surface area contributed by atoms with Crippen molar-refractivity contribution in [3.05, 3.63) is 219 Å². The Bertz CT molecular complexity index is 2150. The molecule has 3 atom stereocenters. The fraction of sp³-hybridized carbons (Fsp3) is 0.500. The predicted octanol–water partition coefficient (Wildman–Crippen LogP) is 19.9. The molecule has 0 aromatic carbocycles. The zero-order valence-electron chi connectivity index (χ0n) is 56.1. The summed E-state index contributed by atoms with van der Waals surface area (Å²) in [6.07, 6.45) is 97.8. The maximum atomic E-state index is 12.2. The highest BCUT2D eigenvalue weighted by atomic mass is 16.5. The van der Waals surface area contributed by atoms with Crippen LogP contribution in [-0.2, 0) is 28.6 Å². The molecule has 0 saturated carbocycles. The van der Waals surface area contributed by atoms with Crippen molar-refractivity contribution in [1.82, 2.24) is 10.2 Å². The molecule has 0 radical (unpaired) electrons. The van der Waals surface area contributed by atoms with Gasteiger partial charge in [0, 0.05) is 0 Å². The summed E-state index contributed by atoms with van der Waals surface area (Å²) >= 11 is 0. The van der Waals surface area contributed by atoms with Crippen LogP contribution in [0.25, 0.3) is 0 Å². The molecule has 0 aliphatic carbocycles. The molecule has 9 nitrogen and oxygen atoms in total. The van der Waals surface area contributed by atoms with Crippen LogP contribution in [0.5, 0.6) is 0 Å². The van der Waals surface area contributed by atoms with Crippen molar-refractivity contribution in [2.75, 3.05) is 39.5 Å². The number of hydrogen-bond donors (Lipinski definition) is 2. The third-order valence-corrected chi connectivity index (χ3v) is 12.3. The first-order valence-electron chi connectivity index (χ1n) is 33.1. The van der Waals surface area contributed by atoms with Gasteiger partial charge in [0.05, 0.1) is 19.8 Å². The number of nitrogens with zero attached hydrogens (tertiary/aromatic N) is 1. The monoisotopic (exact) mass is 1200 g/mol. The Hall–Kier alpha value is -6.39. The highest BCUT2D eigenvalue weighted by molar-refractivity contribution is 5.76. The summed E-state index contributed by atoms with van der Waals surface area (Å²) in [5.41, 5.74) is 5.71. The molecule has 87 heavy (non-hydrogen) atoms. The van der Waals surface area contributed by atoms with Gasteiger partial charge in [-0.3, -0.25) is 19.3 Å². The topological polar surface area (TPSA) is 120 Å². The maximum absolute atomic E-state index is 12.2. The van der Waals surface area contributed by atoms with Gasteiger partial charge in [0.2, 0.25) is 0 Å². The smallest absolute Gasteiger partial charge is 0.323 e. The van der Waals surface area contributed by atoms with Gasteiger partial charge in [-0.1, -0.05) is 260 Å². The van der Waals surface area contributed by atoms with Gasteiger partial charge in [0.25, 0.3) is 0 Å². The molecule has 0 aliphatic heterocycles. The van der Waals surface area contributed by atoms with Gasteiger partial charge < -0.3 is 25.3 Å². The molecule has 486 valence electrons. The third kappa shape index (κ3) is 65.4. The Morgan fingerprint density at radius 2 is 0.540 bits per heavy atom. The van der Waals surface area contributed by atoms with Crippen molar-refractivity contribution in [2.24, 2.45) is 5.73 Å². The van der Waals surface area contributed by atoms with Gasteiger partial charge in [0.1, 0.15) is 18.1 Å². The largest absolute Gasteiger partial charge is 0.465 e. The van der Waals surface area contributed by atoms with Crippen molar-refractivity contribution < 1.29 is 28.6 Å². The SMILES string of the molecule is CC/C=C\C/C=C\C/C=C\C/C=C\C/C=C\C/C=C\CC(C(=O)OCC)N(CC)CC.CC/C=C\C/C=C\C/C=C\C/C=C\C/C=C\C/C=C\CC(N)C(=O)OCC.CC/C=C\C/C=C\C/C=C\C/C=C\C/C=C\C/C=C\CC(NCC)C(=O)OCC. The van der Waals surface area contributed by atoms with Crippen LogP contribution in [0.2, 0.25) is 0 Å². The van der Waals surface area contributed by atoms with Gasteiger partial charge in [-0.25, -0.2) is 0 Å².